The Morgan fingerprint density at radius 1 is 1.21 bits per heavy atom. The van der Waals surface area contributed by atoms with Gasteiger partial charge in [0.1, 0.15) is 5.82 Å². The second-order valence-electron chi connectivity index (χ2n) is 6.75. The van der Waals surface area contributed by atoms with Gasteiger partial charge < -0.3 is 5.32 Å². The number of hydrogen-bond donors (Lipinski definition) is 1. The summed E-state index contributed by atoms with van der Waals surface area (Å²) in [5.41, 5.74) is 3.04. The van der Waals surface area contributed by atoms with Crippen molar-refractivity contribution in [3.63, 3.8) is 0 Å². The zero-order valence-corrected chi connectivity index (χ0v) is 15.2. The fourth-order valence-electron chi connectivity index (χ4n) is 3.35. The SMILES string of the molecule is Cc1cc2cccnc2cc1NC(=O)N1C=CC(=O)C[C@H]1c1ccc(F)cc1. The molecule has 1 aliphatic rings. The zero-order valence-electron chi connectivity index (χ0n) is 15.2. The van der Waals surface area contributed by atoms with Crippen molar-refractivity contribution in [3.8, 4) is 0 Å². The first-order valence-electron chi connectivity index (χ1n) is 8.92. The highest BCUT2D eigenvalue weighted by Gasteiger charge is 2.29. The molecule has 28 heavy (non-hydrogen) atoms. The van der Waals surface area contributed by atoms with Crippen molar-refractivity contribution in [2.24, 2.45) is 0 Å². The maximum Gasteiger partial charge on any atom is 0.326 e. The molecule has 5 nitrogen and oxygen atoms in total. The van der Waals surface area contributed by atoms with Gasteiger partial charge in [-0.25, -0.2) is 9.18 Å². The minimum absolute atomic E-state index is 0.0792. The smallest absolute Gasteiger partial charge is 0.307 e. The predicted molar refractivity (Wildman–Crippen MR) is 105 cm³/mol. The Morgan fingerprint density at radius 2 is 2.00 bits per heavy atom. The lowest BCUT2D eigenvalue weighted by molar-refractivity contribution is -0.116. The number of aryl methyl sites for hydroxylation is 1. The van der Waals surface area contributed by atoms with Gasteiger partial charge in [-0.1, -0.05) is 18.2 Å². The summed E-state index contributed by atoms with van der Waals surface area (Å²) in [6.45, 7) is 1.91. The van der Waals surface area contributed by atoms with Crippen molar-refractivity contribution < 1.29 is 14.0 Å². The fraction of sp³-hybridized carbons (Fsp3) is 0.136. The lowest BCUT2D eigenvalue weighted by Gasteiger charge is -2.31. The fourth-order valence-corrected chi connectivity index (χ4v) is 3.35. The van der Waals surface area contributed by atoms with Crippen molar-refractivity contribution in [2.75, 3.05) is 5.32 Å². The van der Waals surface area contributed by atoms with Crippen LogP contribution < -0.4 is 5.32 Å². The minimum Gasteiger partial charge on any atom is -0.307 e. The van der Waals surface area contributed by atoms with Crippen LogP contribution in [0, 0.1) is 12.7 Å². The molecule has 0 spiro atoms. The van der Waals surface area contributed by atoms with E-state index in [1.165, 1.54) is 29.3 Å². The molecular formula is C22H18FN3O2. The van der Waals surface area contributed by atoms with Crippen LogP contribution in [-0.2, 0) is 4.79 Å². The molecule has 1 N–H and O–H groups in total. The molecule has 0 fully saturated rings. The number of aromatic nitrogens is 1. The van der Waals surface area contributed by atoms with Gasteiger partial charge in [-0.15, -0.1) is 0 Å². The van der Waals surface area contributed by atoms with Crippen LogP contribution in [0.15, 0.2) is 67.0 Å². The molecule has 0 saturated heterocycles. The number of carbonyl (C=O) groups excluding carboxylic acids is 2. The number of fused-ring (bicyclic) bond motifs is 1. The number of halogens is 1. The van der Waals surface area contributed by atoms with Gasteiger partial charge >= 0.3 is 6.03 Å². The third kappa shape index (κ3) is 3.49. The average molecular weight is 375 g/mol. The lowest BCUT2D eigenvalue weighted by Crippen LogP contribution is -2.37. The number of hydrogen-bond acceptors (Lipinski definition) is 3. The standard InChI is InChI=1S/C22H18FN3O2/c1-14-11-16-3-2-9-24-20(16)13-19(14)25-22(28)26-10-8-18(27)12-21(26)15-4-6-17(23)7-5-15/h2-11,13,21H,12H2,1H3,(H,25,28)/t21-/m0/s1. The van der Waals surface area contributed by atoms with Crippen molar-refractivity contribution in [1.82, 2.24) is 9.88 Å². The first kappa shape index (κ1) is 17.9. The van der Waals surface area contributed by atoms with E-state index in [0.717, 1.165) is 16.5 Å². The van der Waals surface area contributed by atoms with E-state index in [4.69, 9.17) is 0 Å². The van der Waals surface area contributed by atoms with Crippen LogP contribution in [0.5, 0.6) is 0 Å². The van der Waals surface area contributed by atoms with Crippen LogP contribution in [0.3, 0.4) is 0 Å². The molecule has 1 aliphatic heterocycles. The molecule has 2 heterocycles. The van der Waals surface area contributed by atoms with Gasteiger partial charge in [-0.3, -0.25) is 14.7 Å². The quantitative estimate of drug-likeness (QED) is 0.703. The van der Waals surface area contributed by atoms with Gasteiger partial charge in [0.25, 0.3) is 0 Å². The van der Waals surface area contributed by atoms with Gasteiger partial charge in [0.05, 0.1) is 11.6 Å². The van der Waals surface area contributed by atoms with Crippen LogP contribution in [0.2, 0.25) is 0 Å². The highest BCUT2D eigenvalue weighted by molar-refractivity contribution is 5.97. The summed E-state index contributed by atoms with van der Waals surface area (Å²) in [5, 5.41) is 3.90. The molecule has 2 aromatic carbocycles. The monoisotopic (exact) mass is 375 g/mol. The van der Waals surface area contributed by atoms with Crippen molar-refractivity contribution in [1.29, 1.82) is 0 Å². The molecule has 140 valence electrons. The predicted octanol–water partition coefficient (Wildman–Crippen LogP) is 4.74. The zero-order chi connectivity index (χ0) is 19.7. The number of nitrogens with one attached hydrogen (secondary N) is 1. The summed E-state index contributed by atoms with van der Waals surface area (Å²) in [4.78, 5) is 30.7. The maximum atomic E-state index is 13.3. The topological polar surface area (TPSA) is 62.3 Å². The van der Waals surface area contributed by atoms with Gasteiger partial charge in [0.15, 0.2) is 5.78 Å². The van der Waals surface area contributed by atoms with Gasteiger partial charge in [0, 0.05) is 29.9 Å². The summed E-state index contributed by atoms with van der Waals surface area (Å²) in [6.07, 6.45) is 4.71. The van der Waals surface area contributed by atoms with Crippen LogP contribution in [0.25, 0.3) is 10.9 Å². The molecule has 1 aromatic heterocycles. The Balaban J connectivity index is 1.64. The Hall–Kier alpha value is -3.54. The molecule has 0 bridgehead atoms. The summed E-state index contributed by atoms with van der Waals surface area (Å²) >= 11 is 0. The van der Waals surface area contributed by atoms with E-state index >= 15 is 0 Å². The molecule has 0 radical (unpaired) electrons. The number of allylic oxidation sites excluding steroid dienone is 1. The van der Waals surface area contributed by atoms with E-state index in [0.29, 0.717) is 11.3 Å². The van der Waals surface area contributed by atoms with Crippen LogP contribution in [0.4, 0.5) is 14.9 Å². The van der Waals surface area contributed by atoms with Gasteiger partial charge in [0.2, 0.25) is 0 Å². The molecule has 3 aromatic rings. The molecule has 1 atom stereocenters. The molecule has 0 aliphatic carbocycles. The molecule has 6 heteroatoms. The molecule has 2 amide bonds. The van der Waals surface area contributed by atoms with Crippen LogP contribution >= 0.6 is 0 Å². The Labute approximate surface area is 161 Å². The molecule has 4 rings (SSSR count). The summed E-state index contributed by atoms with van der Waals surface area (Å²) < 4.78 is 13.3. The number of carbonyl (C=O) groups is 2. The van der Waals surface area contributed by atoms with E-state index < -0.39 is 6.04 Å². The summed E-state index contributed by atoms with van der Waals surface area (Å²) in [7, 11) is 0. The highest BCUT2D eigenvalue weighted by Crippen LogP contribution is 2.30. The Morgan fingerprint density at radius 3 is 2.79 bits per heavy atom. The Bertz CT molecular complexity index is 1090. The first-order valence-corrected chi connectivity index (χ1v) is 8.92. The number of benzene rings is 2. The molecule has 0 saturated carbocycles. The van der Waals surface area contributed by atoms with Crippen LogP contribution in [0.1, 0.15) is 23.6 Å². The van der Waals surface area contributed by atoms with Crippen molar-refractivity contribution in [3.05, 3.63) is 83.9 Å². The number of anilines is 1. The van der Waals surface area contributed by atoms with Gasteiger partial charge in [-0.2, -0.15) is 0 Å². The first-order chi connectivity index (χ1) is 13.5. The van der Waals surface area contributed by atoms with E-state index in [-0.39, 0.29) is 24.1 Å². The van der Waals surface area contributed by atoms with Crippen molar-refractivity contribution >= 4 is 28.4 Å². The second-order valence-corrected chi connectivity index (χ2v) is 6.75. The Kier molecular flexibility index (Phi) is 4.61. The summed E-state index contributed by atoms with van der Waals surface area (Å²) in [6, 6.07) is 12.6. The number of ketones is 1. The van der Waals surface area contributed by atoms with E-state index in [9.17, 15) is 14.0 Å². The van der Waals surface area contributed by atoms with Gasteiger partial charge in [-0.05, 0) is 54.5 Å². The number of urea groups is 1. The number of pyridine rings is 1. The van der Waals surface area contributed by atoms with E-state index in [2.05, 4.69) is 10.3 Å². The number of rotatable bonds is 2. The summed E-state index contributed by atoms with van der Waals surface area (Å²) in [5.74, 6) is -0.443. The average Bonchev–Trinajstić information content (AvgIpc) is 2.69. The van der Waals surface area contributed by atoms with E-state index in [1.807, 2.05) is 31.2 Å². The normalized spacial score (nSPS) is 16.4. The minimum atomic E-state index is -0.489. The third-order valence-corrected chi connectivity index (χ3v) is 4.83. The van der Waals surface area contributed by atoms with E-state index in [1.54, 1.807) is 18.3 Å². The number of nitrogens with zero attached hydrogens (tertiary/aromatic N) is 2. The largest absolute Gasteiger partial charge is 0.326 e. The lowest BCUT2D eigenvalue weighted by atomic mass is 9.97. The van der Waals surface area contributed by atoms with Crippen LogP contribution in [-0.4, -0.2) is 21.7 Å². The second kappa shape index (κ2) is 7.23. The number of amides is 2. The molecular weight excluding hydrogens is 357 g/mol. The maximum absolute atomic E-state index is 13.3. The third-order valence-electron chi connectivity index (χ3n) is 4.83. The van der Waals surface area contributed by atoms with Crippen molar-refractivity contribution in [2.45, 2.75) is 19.4 Å². The highest BCUT2D eigenvalue weighted by atomic mass is 19.1. The molecule has 0 unspecified atom stereocenters.